The molecule has 222 valence electrons. The van der Waals surface area contributed by atoms with Gasteiger partial charge in [0.1, 0.15) is 17.0 Å². The number of carbonyl (C=O) groups excluding carboxylic acids is 3. The molecule has 1 saturated carbocycles. The van der Waals surface area contributed by atoms with E-state index in [4.69, 9.17) is 16.0 Å². The highest BCUT2D eigenvalue weighted by molar-refractivity contribution is 6.30. The zero-order valence-electron chi connectivity index (χ0n) is 23.6. The summed E-state index contributed by atoms with van der Waals surface area (Å²) < 4.78 is 5.92. The van der Waals surface area contributed by atoms with E-state index >= 15 is 0 Å². The summed E-state index contributed by atoms with van der Waals surface area (Å²) in [6.07, 6.45) is 5.68. The monoisotopic (exact) mass is 596 g/mol. The number of furan rings is 1. The average Bonchev–Trinajstić information content (AvgIpc) is 3.52. The van der Waals surface area contributed by atoms with E-state index in [0.29, 0.717) is 24.3 Å². The number of likely N-dealkylation sites (tertiary alicyclic amines) is 1. The number of pyridine rings is 2. The van der Waals surface area contributed by atoms with Crippen LogP contribution >= 0.6 is 11.6 Å². The van der Waals surface area contributed by atoms with Crippen molar-refractivity contribution in [2.24, 2.45) is 5.92 Å². The van der Waals surface area contributed by atoms with E-state index in [-0.39, 0.29) is 57.8 Å². The molecule has 3 N–H and O–H groups in total. The molecule has 1 aliphatic carbocycles. The number of aromatic nitrogens is 2. The SMILES string of the molecule is CC(C)(C)N(C(=O)O)c1cnc2c(NC(=O)C3CCC(N4CCCC4=O)CC3)c(C(=O)Nc3ccc(Cl)cn3)oc2c1. The van der Waals surface area contributed by atoms with Crippen molar-refractivity contribution >= 4 is 63.7 Å². The number of nitrogens with zero attached hydrogens (tertiary/aromatic N) is 4. The van der Waals surface area contributed by atoms with Crippen LogP contribution in [0.4, 0.5) is 22.0 Å². The molecule has 1 aliphatic heterocycles. The van der Waals surface area contributed by atoms with E-state index in [0.717, 1.165) is 30.7 Å². The van der Waals surface area contributed by atoms with Crippen LogP contribution in [0.2, 0.25) is 5.02 Å². The second-order valence-electron chi connectivity index (χ2n) is 11.6. The number of anilines is 3. The van der Waals surface area contributed by atoms with Crippen molar-refractivity contribution in [2.75, 3.05) is 22.1 Å². The lowest BCUT2D eigenvalue weighted by Gasteiger charge is -2.34. The van der Waals surface area contributed by atoms with E-state index < -0.39 is 17.5 Å². The van der Waals surface area contributed by atoms with Gasteiger partial charge in [-0.25, -0.2) is 14.8 Å². The van der Waals surface area contributed by atoms with Gasteiger partial charge in [0, 0.05) is 42.7 Å². The molecular weight excluding hydrogens is 564 g/mol. The number of amides is 4. The normalized spacial score (nSPS) is 19.1. The van der Waals surface area contributed by atoms with Gasteiger partial charge in [-0.2, -0.15) is 0 Å². The number of hydrogen-bond donors (Lipinski definition) is 3. The van der Waals surface area contributed by atoms with Crippen LogP contribution in [-0.4, -0.2) is 61.9 Å². The number of halogens is 1. The third kappa shape index (κ3) is 6.03. The first-order chi connectivity index (χ1) is 19.9. The third-order valence-electron chi connectivity index (χ3n) is 7.68. The molecule has 1 saturated heterocycles. The molecule has 3 aromatic heterocycles. The Morgan fingerprint density at radius 1 is 1.10 bits per heavy atom. The number of hydrogen-bond acceptors (Lipinski definition) is 7. The molecule has 0 radical (unpaired) electrons. The molecule has 13 heteroatoms. The maximum atomic E-state index is 13.5. The topological polar surface area (TPSA) is 158 Å². The van der Waals surface area contributed by atoms with Crippen molar-refractivity contribution in [3.8, 4) is 0 Å². The fourth-order valence-corrected chi connectivity index (χ4v) is 5.82. The van der Waals surface area contributed by atoms with Gasteiger partial charge in [0.05, 0.1) is 16.9 Å². The van der Waals surface area contributed by atoms with Crippen molar-refractivity contribution < 1.29 is 28.7 Å². The molecular formula is C29H33ClN6O6. The van der Waals surface area contributed by atoms with Gasteiger partial charge in [-0.3, -0.25) is 19.3 Å². The molecule has 0 unspecified atom stereocenters. The quantitative estimate of drug-likeness (QED) is 0.335. The summed E-state index contributed by atoms with van der Waals surface area (Å²) in [4.78, 5) is 62.6. The van der Waals surface area contributed by atoms with Crippen molar-refractivity contribution in [1.29, 1.82) is 0 Å². The Hall–Kier alpha value is -4.19. The Kier molecular flexibility index (Phi) is 8.09. The zero-order valence-corrected chi connectivity index (χ0v) is 24.4. The van der Waals surface area contributed by atoms with Crippen LogP contribution in [-0.2, 0) is 9.59 Å². The molecule has 0 bridgehead atoms. The smallest absolute Gasteiger partial charge is 0.412 e. The number of nitrogens with one attached hydrogen (secondary N) is 2. The van der Waals surface area contributed by atoms with E-state index in [9.17, 15) is 24.3 Å². The van der Waals surface area contributed by atoms with Crippen molar-refractivity contribution in [1.82, 2.24) is 14.9 Å². The first kappa shape index (κ1) is 29.3. The third-order valence-corrected chi connectivity index (χ3v) is 7.90. The zero-order chi connectivity index (χ0) is 30.2. The Balaban J connectivity index is 1.43. The van der Waals surface area contributed by atoms with Crippen LogP contribution in [0.15, 0.2) is 35.0 Å². The fraction of sp³-hybridized carbons (Fsp3) is 0.448. The summed E-state index contributed by atoms with van der Waals surface area (Å²) in [6, 6.07) is 4.72. The molecule has 0 atom stereocenters. The van der Waals surface area contributed by atoms with Gasteiger partial charge in [-0.15, -0.1) is 0 Å². The Bertz CT molecular complexity index is 1520. The van der Waals surface area contributed by atoms with Crippen LogP contribution in [0.5, 0.6) is 0 Å². The highest BCUT2D eigenvalue weighted by atomic mass is 35.5. The second kappa shape index (κ2) is 11.6. The molecule has 2 aliphatic rings. The van der Waals surface area contributed by atoms with E-state index in [1.54, 1.807) is 26.8 Å². The Labute approximate surface area is 247 Å². The summed E-state index contributed by atoms with van der Waals surface area (Å²) in [7, 11) is 0. The van der Waals surface area contributed by atoms with Gasteiger partial charge in [-0.05, 0) is 65.0 Å². The minimum absolute atomic E-state index is 0.0856. The maximum absolute atomic E-state index is 13.5. The van der Waals surface area contributed by atoms with Crippen LogP contribution in [0.1, 0.15) is 69.9 Å². The highest BCUT2D eigenvalue weighted by Crippen LogP contribution is 2.36. The Morgan fingerprint density at radius 3 is 2.43 bits per heavy atom. The van der Waals surface area contributed by atoms with Gasteiger partial charge < -0.3 is 25.1 Å². The van der Waals surface area contributed by atoms with Crippen LogP contribution < -0.4 is 15.5 Å². The van der Waals surface area contributed by atoms with Crippen LogP contribution in [0.3, 0.4) is 0 Å². The minimum atomic E-state index is -1.18. The summed E-state index contributed by atoms with van der Waals surface area (Å²) >= 11 is 5.91. The maximum Gasteiger partial charge on any atom is 0.412 e. The van der Waals surface area contributed by atoms with Crippen molar-refractivity contribution in [3.63, 3.8) is 0 Å². The second-order valence-corrected chi connectivity index (χ2v) is 12.1. The lowest BCUT2D eigenvalue weighted by molar-refractivity contribution is -0.130. The summed E-state index contributed by atoms with van der Waals surface area (Å²) in [5.74, 6) is -1.08. The highest BCUT2D eigenvalue weighted by Gasteiger charge is 2.35. The molecule has 0 aromatic carbocycles. The van der Waals surface area contributed by atoms with E-state index in [2.05, 4.69) is 20.6 Å². The summed E-state index contributed by atoms with van der Waals surface area (Å²) in [5.41, 5.74) is -0.123. The number of fused-ring (bicyclic) bond motifs is 1. The molecule has 3 aromatic rings. The molecule has 4 heterocycles. The average molecular weight is 597 g/mol. The minimum Gasteiger partial charge on any atom is -0.465 e. The molecule has 4 amide bonds. The fourth-order valence-electron chi connectivity index (χ4n) is 5.70. The van der Waals surface area contributed by atoms with Gasteiger partial charge in [0.15, 0.2) is 5.58 Å². The van der Waals surface area contributed by atoms with Crippen LogP contribution in [0.25, 0.3) is 11.1 Å². The van der Waals surface area contributed by atoms with Gasteiger partial charge in [-0.1, -0.05) is 11.6 Å². The Morgan fingerprint density at radius 2 is 1.83 bits per heavy atom. The molecule has 0 spiro atoms. The molecule has 5 rings (SSSR count). The van der Waals surface area contributed by atoms with E-state index in [1.807, 2.05) is 4.90 Å². The van der Waals surface area contributed by atoms with E-state index in [1.165, 1.54) is 24.5 Å². The summed E-state index contributed by atoms with van der Waals surface area (Å²) in [6.45, 7) is 5.99. The van der Waals surface area contributed by atoms with Crippen molar-refractivity contribution in [3.05, 3.63) is 41.4 Å². The lowest BCUT2D eigenvalue weighted by atomic mass is 9.84. The largest absolute Gasteiger partial charge is 0.465 e. The first-order valence-electron chi connectivity index (χ1n) is 13.9. The summed E-state index contributed by atoms with van der Waals surface area (Å²) in [5, 5.41) is 15.7. The van der Waals surface area contributed by atoms with Gasteiger partial charge in [0.2, 0.25) is 17.6 Å². The van der Waals surface area contributed by atoms with Crippen LogP contribution in [0, 0.1) is 5.92 Å². The number of carbonyl (C=O) groups is 4. The molecule has 42 heavy (non-hydrogen) atoms. The number of carboxylic acid groups (broad SMARTS) is 1. The number of rotatable bonds is 6. The standard InChI is InChI=1S/C29H33ClN6O6/c1-29(2,3)36(28(40)41)19-13-20-23(32-15-19)24(25(42-20)27(39)33-21-11-8-17(30)14-31-21)34-26(38)16-6-9-18(10-7-16)35-12-4-5-22(35)37/h8,11,13-16,18H,4-7,9-10,12H2,1-3H3,(H,34,38)(H,40,41)(H,31,33,39). The first-order valence-corrected chi connectivity index (χ1v) is 14.3. The lowest BCUT2D eigenvalue weighted by Crippen LogP contribution is -2.45. The van der Waals surface area contributed by atoms with Gasteiger partial charge >= 0.3 is 6.09 Å². The predicted octanol–water partition coefficient (Wildman–Crippen LogP) is 5.53. The van der Waals surface area contributed by atoms with Gasteiger partial charge in [0.25, 0.3) is 5.91 Å². The predicted molar refractivity (Wildman–Crippen MR) is 157 cm³/mol. The van der Waals surface area contributed by atoms with Crippen molar-refractivity contribution in [2.45, 2.75) is 70.9 Å². The molecule has 12 nitrogen and oxygen atoms in total. The molecule has 2 fully saturated rings.